The van der Waals surface area contributed by atoms with Crippen LogP contribution in [-0.2, 0) is 6.54 Å². The van der Waals surface area contributed by atoms with Crippen LogP contribution in [0.15, 0.2) is 36.0 Å². The molecular formula is C11H11Cl2N3. The number of nitrogens with zero attached hydrogens (tertiary/aromatic N) is 2. The Bertz CT molecular complexity index is 519. The standard InChI is InChI=1S/C11H11Cl2N3/c1-8(12)6-14-7-9-11(13)15-10-4-2-3-5-16(9)10/h2-5,14H,1,6-7H2. The molecule has 0 atom stereocenters. The highest BCUT2D eigenvalue weighted by atomic mass is 35.5. The van der Waals surface area contributed by atoms with Gasteiger partial charge in [-0.05, 0) is 12.1 Å². The summed E-state index contributed by atoms with van der Waals surface area (Å²) in [4.78, 5) is 4.24. The van der Waals surface area contributed by atoms with E-state index in [1.165, 1.54) is 0 Å². The SMILES string of the molecule is C=C(Cl)CNCc1c(Cl)nc2ccccn12. The molecule has 0 saturated carbocycles. The molecule has 0 aliphatic carbocycles. The second-order valence-electron chi connectivity index (χ2n) is 3.40. The Morgan fingerprint density at radius 1 is 1.50 bits per heavy atom. The van der Waals surface area contributed by atoms with Crippen LogP contribution in [-0.4, -0.2) is 15.9 Å². The van der Waals surface area contributed by atoms with Crippen LogP contribution in [0.3, 0.4) is 0 Å². The van der Waals surface area contributed by atoms with Crippen molar-refractivity contribution in [1.82, 2.24) is 14.7 Å². The number of hydrogen-bond donors (Lipinski definition) is 1. The van der Waals surface area contributed by atoms with Gasteiger partial charge in [0.25, 0.3) is 0 Å². The molecule has 2 rings (SSSR count). The van der Waals surface area contributed by atoms with Gasteiger partial charge in [-0.1, -0.05) is 35.8 Å². The molecule has 0 amide bonds. The molecule has 84 valence electrons. The van der Waals surface area contributed by atoms with Crippen molar-refractivity contribution in [3.8, 4) is 0 Å². The Hall–Kier alpha value is -1.03. The van der Waals surface area contributed by atoms with E-state index in [0.717, 1.165) is 11.3 Å². The number of imidazole rings is 1. The van der Waals surface area contributed by atoms with Gasteiger partial charge in [-0.3, -0.25) is 0 Å². The average Bonchev–Trinajstić information content (AvgIpc) is 2.55. The molecule has 0 unspecified atom stereocenters. The quantitative estimate of drug-likeness (QED) is 0.911. The van der Waals surface area contributed by atoms with Crippen molar-refractivity contribution in [2.24, 2.45) is 0 Å². The van der Waals surface area contributed by atoms with Crippen molar-refractivity contribution in [3.63, 3.8) is 0 Å². The topological polar surface area (TPSA) is 29.3 Å². The summed E-state index contributed by atoms with van der Waals surface area (Å²) < 4.78 is 1.95. The first-order chi connectivity index (χ1) is 7.68. The van der Waals surface area contributed by atoms with Crippen molar-refractivity contribution >= 4 is 28.8 Å². The number of pyridine rings is 1. The molecule has 0 saturated heterocycles. The van der Waals surface area contributed by atoms with E-state index < -0.39 is 0 Å². The van der Waals surface area contributed by atoms with Gasteiger partial charge in [-0.15, -0.1) is 0 Å². The van der Waals surface area contributed by atoms with E-state index in [2.05, 4.69) is 16.9 Å². The normalized spacial score (nSPS) is 10.9. The molecule has 0 spiro atoms. The van der Waals surface area contributed by atoms with E-state index in [1.807, 2.05) is 28.8 Å². The van der Waals surface area contributed by atoms with Crippen LogP contribution in [0.1, 0.15) is 5.69 Å². The molecule has 0 fully saturated rings. The minimum atomic E-state index is 0.513. The van der Waals surface area contributed by atoms with Crippen LogP contribution in [0.4, 0.5) is 0 Å². The van der Waals surface area contributed by atoms with Gasteiger partial charge in [0, 0.05) is 24.3 Å². The average molecular weight is 256 g/mol. The molecule has 1 N–H and O–H groups in total. The molecule has 3 nitrogen and oxygen atoms in total. The Kier molecular flexibility index (Phi) is 3.49. The van der Waals surface area contributed by atoms with Crippen molar-refractivity contribution < 1.29 is 0 Å². The third-order valence-electron chi connectivity index (χ3n) is 2.19. The second kappa shape index (κ2) is 4.87. The molecular weight excluding hydrogens is 245 g/mol. The van der Waals surface area contributed by atoms with Gasteiger partial charge >= 0.3 is 0 Å². The minimum absolute atomic E-state index is 0.513. The highest BCUT2D eigenvalue weighted by Gasteiger charge is 2.08. The predicted molar refractivity (Wildman–Crippen MR) is 66.9 cm³/mol. The summed E-state index contributed by atoms with van der Waals surface area (Å²) >= 11 is 11.7. The lowest BCUT2D eigenvalue weighted by Crippen LogP contribution is -2.16. The number of nitrogens with one attached hydrogen (secondary N) is 1. The largest absolute Gasteiger partial charge is 0.306 e. The molecule has 0 aliphatic heterocycles. The van der Waals surface area contributed by atoms with E-state index in [1.54, 1.807) is 0 Å². The van der Waals surface area contributed by atoms with E-state index in [4.69, 9.17) is 23.2 Å². The van der Waals surface area contributed by atoms with E-state index in [9.17, 15) is 0 Å². The summed E-state index contributed by atoms with van der Waals surface area (Å²) in [6.45, 7) is 4.77. The fourth-order valence-corrected chi connectivity index (χ4v) is 1.83. The third kappa shape index (κ3) is 2.38. The lowest BCUT2D eigenvalue weighted by molar-refractivity contribution is 0.730. The molecule has 0 bridgehead atoms. The number of rotatable bonds is 4. The van der Waals surface area contributed by atoms with Crippen LogP contribution < -0.4 is 5.32 Å². The molecule has 5 heteroatoms. The van der Waals surface area contributed by atoms with Crippen molar-refractivity contribution in [2.75, 3.05) is 6.54 Å². The van der Waals surface area contributed by atoms with Crippen molar-refractivity contribution in [2.45, 2.75) is 6.54 Å². The predicted octanol–water partition coefficient (Wildman–Crippen LogP) is 2.83. The van der Waals surface area contributed by atoms with Crippen molar-refractivity contribution in [3.05, 3.63) is 46.9 Å². The molecule has 2 aromatic rings. The first kappa shape index (κ1) is 11.5. The van der Waals surface area contributed by atoms with Crippen LogP contribution in [0.5, 0.6) is 0 Å². The number of aromatic nitrogens is 2. The highest BCUT2D eigenvalue weighted by molar-refractivity contribution is 6.30. The zero-order valence-electron chi connectivity index (χ0n) is 8.58. The third-order valence-corrected chi connectivity index (χ3v) is 2.63. The van der Waals surface area contributed by atoms with Gasteiger partial charge in [0.1, 0.15) is 5.65 Å². The molecule has 0 aliphatic rings. The Labute approximate surface area is 104 Å². The van der Waals surface area contributed by atoms with Crippen LogP contribution in [0, 0.1) is 0 Å². The zero-order valence-corrected chi connectivity index (χ0v) is 10.1. The van der Waals surface area contributed by atoms with Gasteiger partial charge in [-0.25, -0.2) is 4.98 Å². The Balaban J connectivity index is 2.22. The summed E-state index contributed by atoms with van der Waals surface area (Å²) in [5.41, 5.74) is 1.77. The van der Waals surface area contributed by atoms with Gasteiger partial charge < -0.3 is 9.72 Å². The Morgan fingerprint density at radius 3 is 3.06 bits per heavy atom. The monoisotopic (exact) mass is 255 g/mol. The summed E-state index contributed by atoms with van der Waals surface area (Å²) in [5.74, 6) is 0. The molecule has 0 aromatic carbocycles. The van der Waals surface area contributed by atoms with Gasteiger partial charge in [0.2, 0.25) is 0 Å². The number of hydrogen-bond acceptors (Lipinski definition) is 2. The van der Waals surface area contributed by atoms with Crippen molar-refractivity contribution in [1.29, 1.82) is 0 Å². The molecule has 16 heavy (non-hydrogen) atoms. The maximum Gasteiger partial charge on any atom is 0.152 e. The Morgan fingerprint density at radius 2 is 2.31 bits per heavy atom. The molecule has 0 radical (unpaired) electrons. The fourth-order valence-electron chi connectivity index (χ4n) is 1.49. The maximum atomic E-state index is 6.06. The van der Waals surface area contributed by atoms with E-state index in [-0.39, 0.29) is 0 Å². The van der Waals surface area contributed by atoms with Crippen LogP contribution in [0.2, 0.25) is 5.15 Å². The summed E-state index contributed by atoms with van der Waals surface area (Å²) in [5, 5.41) is 4.23. The first-order valence-electron chi connectivity index (χ1n) is 4.84. The summed E-state index contributed by atoms with van der Waals surface area (Å²) in [6, 6.07) is 5.78. The summed E-state index contributed by atoms with van der Waals surface area (Å²) in [7, 11) is 0. The number of halogens is 2. The van der Waals surface area contributed by atoms with Gasteiger partial charge in [-0.2, -0.15) is 0 Å². The minimum Gasteiger partial charge on any atom is -0.306 e. The smallest absolute Gasteiger partial charge is 0.152 e. The van der Waals surface area contributed by atoms with Crippen LogP contribution >= 0.6 is 23.2 Å². The second-order valence-corrected chi connectivity index (χ2v) is 4.29. The van der Waals surface area contributed by atoms with Gasteiger partial charge in [0.05, 0.1) is 5.69 Å². The lowest BCUT2D eigenvalue weighted by atomic mass is 10.4. The van der Waals surface area contributed by atoms with E-state index >= 15 is 0 Å². The van der Waals surface area contributed by atoms with Crippen LogP contribution in [0.25, 0.3) is 5.65 Å². The summed E-state index contributed by atoms with van der Waals surface area (Å²) in [6.07, 6.45) is 1.93. The van der Waals surface area contributed by atoms with Gasteiger partial charge in [0.15, 0.2) is 5.15 Å². The van der Waals surface area contributed by atoms with E-state index in [0.29, 0.717) is 23.3 Å². The first-order valence-corrected chi connectivity index (χ1v) is 5.59. The zero-order chi connectivity index (χ0) is 11.5. The molecule has 2 aromatic heterocycles. The molecule has 2 heterocycles. The lowest BCUT2D eigenvalue weighted by Gasteiger charge is -2.03. The maximum absolute atomic E-state index is 6.06. The number of fused-ring (bicyclic) bond motifs is 1. The highest BCUT2D eigenvalue weighted by Crippen LogP contribution is 2.17. The fraction of sp³-hybridized carbons (Fsp3) is 0.182.